The number of halogens is 1. The predicted octanol–water partition coefficient (Wildman–Crippen LogP) is 3.79. The number of nitrogens with two attached hydrogens (primary N) is 1. The third-order valence-electron chi connectivity index (χ3n) is 5.26. The van der Waals surface area contributed by atoms with Gasteiger partial charge in [0.1, 0.15) is 17.7 Å². The molecule has 9 heteroatoms. The van der Waals surface area contributed by atoms with E-state index in [4.69, 9.17) is 16.4 Å². The van der Waals surface area contributed by atoms with Crippen LogP contribution in [0.3, 0.4) is 0 Å². The molecule has 32 heavy (non-hydrogen) atoms. The molecule has 0 aliphatic carbocycles. The van der Waals surface area contributed by atoms with Gasteiger partial charge >= 0.3 is 0 Å². The number of imidazole rings is 1. The SMILES string of the molecule is N#Cc1ccc(-c2cc(C(=O)N3CCCC(N)C3)sc2C(=N)/C=C\c2ncc[nH]2)cc1F. The van der Waals surface area contributed by atoms with E-state index in [2.05, 4.69) is 9.97 Å². The van der Waals surface area contributed by atoms with Gasteiger partial charge in [0.2, 0.25) is 0 Å². The molecule has 4 N–H and O–H groups in total. The van der Waals surface area contributed by atoms with Crippen LogP contribution in [-0.4, -0.2) is 45.6 Å². The number of carbonyl (C=O) groups is 1. The Hall–Kier alpha value is -3.61. The molecule has 0 bridgehead atoms. The predicted molar refractivity (Wildman–Crippen MR) is 122 cm³/mol. The summed E-state index contributed by atoms with van der Waals surface area (Å²) in [6.07, 6.45) is 8.27. The van der Waals surface area contributed by atoms with Crippen molar-refractivity contribution in [3.63, 3.8) is 0 Å². The van der Waals surface area contributed by atoms with E-state index >= 15 is 0 Å². The van der Waals surface area contributed by atoms with Crippen molar-refractivity contribution in [1.82, 2.24) is 14.9 Å². The molecule has 3 heterocycles. The van der Waals surface area contributed by atoms with Gasteiger partial charge in [0.15, 0.2) is 0 Å². The number of piperidine rings is 1. The Morgan fingerprint density at radius 2 is 2.28 bits per heavy atom. The number of thiophene rings is 1. The number of benzene rings is 1. The van der Waals surface area contributed by atoms with Crippen molar-refractivity contribution in [2.24, 2.45) is 5.73 Å². The molecule has 3 aromatic rings. The lowest BCUT2D eigenvalue weighted by Crippen LogP contribution is -2.45. The lowest BCUT2D eigenvalue weighted by atomic mass is 10.0. The quantitative estimate of drug-likeness (QED) is 0.514. The van der Waals surface area contributed by atoms with Gasteiger partial charge in [0, 0.05) is 37.1 Å². The van der Waals surface area contributed by atoms with Crippen LogP contribution in [0, 0.1) is 22.6 Å². The van der Waals surface area contributed by atoms with E-state index < -0.39 is 5.82 Å². The van der Waals surface area contributed by atoms with E-state index in [1.54, 1.807) is 41.6 Å². The maximum atomic E-state index is 14.3. The molecule has 0 saturated carbocycles. The normalized spacial score (nSPS) is 16.3. The maximum absolute atomic E-state index is 14.3. The van der Waals surface area contributed by atoms with Gasteiger partial charge in [-0.3, -0.25) is 10.2 Å². The number of nitriles is 1. The summed E-state index contributed by atoms with van der Waals surface area (Å²) in [5, 5.41) is 17.6. The second kappa shape index (κ2) is 9.26. The molecule has 1 unspecified atom stereocenters. The molecule has 162 valence electrons. The molecule has 7 nitrogen and oxygen atoms in total. The van der Waals surface area contributed by atoms with Crippen LogP contribution in [0.25, 0.3) is 17.2 Å². The lowest BCUT2D eigenvalue weighted by molar-refractivity contribution is 0.0714. The monoisotopic (exact) mass is 448 g/mol. The number of rotatable bonds is 5. The first-order valence-electron chi connectivity index (χ1n) is 10.1. The first-order chi connectivity index (χ1) is 15.5. The van der Waals surface area contributed by atoms with Gasteiger partial charge in [-0.25, -0.2) is 9.37 Å². The smallest absolute Gasteiger partial charge is 0.264 e. The number of carbonyl (C=O) groups excluding carboxylic acids is 1. The Balaban J connectivity index is 1.72. The van der Waals surface area contributed by atoms with E-state index in [1.807, 2.05) is 6.07 Å². The van der Waals surface area contributed by atoms with Gasteiger partial charge in [-0.2, -0.15) is 5.26 Å². The van der Waals surface area contributed by atoms with E-state index in [1.165, 1.54) is 23.5 Å². The number of aromatic nitrogens is 2. The summed E-state index contributed by atoms with van der Waals surface area (Å²) in [6, 6.07) is 7.75. The van der Waals surface area contributed by atoms with Gasteiger partial charge in [-0.15, -0.1) is 11.3 Å². The standard InChI is InChI=1S/C23H21FN6OS/c24-18-10-14(3-4-15(18)12-25)17-11-20(23(31)30-9-1-2-16(26)13-30)32-22(17)19(27)5-6-21-28-7-8-29-21/h3-8,10-11,16,27H,1-2,9,13,26H2,(H,28,29)/b6-5-,27-19?. The molecule has 1 aliphatic rings. The molecule has 1 atom stereocenters. The average Bonchev–Trinajstić information content (AvgIpc) is 3.47. The number of H-pyrrole nitrogens is 1. The number of nitrogens with zero attached hydrogens (tertiary/aromatic N) is 3. The molecule has 1 aliphatic heterocycles. The summed E-state index contributed by atoms with van der Waals surface area (Å²) < 4.78 is 14.3. The van der Waals surface area contributed by atoms with Crippen LogP contribution >= 0.6 is 11.3 Å². The number of allylic oxidation sites excluding steroid dienone is 1. The number of hydrogen-bond acceptors (Lipinski definition) is 6. The highest BCUT2D eigenvalue weighted by atomic mass is 32.1. The summed E-state index contributed by atoms with van der Waals surface area (Å²) in [5.41, 5.74) is 7.21. The van der Waals surface area contributed by atoms with Crippen molar-refractivity contribution in [2.75, 3.05) is 13.1 Å². The number of likely N-dealkylation sites (tertiary alicyclic amines) is 1. The van der Waals surface area contributed by atoms with Crippen LogP contribution in [0.1, 0.15) is 38.8 Å². The van der Waals surface area contributed by atoms with E-state index in [0.717, 1.165) is 12.8 Å². The Morgan fingerprint density at radius 3 is 2.97 bits per heavy atom. The zero-order valence-electron chi connectivity index (χ0n) is 17.1. The largest absolute Gasteiger partial charge is 0.345 e. The van der Waals surface area contributed by atoms with Crippen LogP contribution in [-0.2, 0) is 0 Å². The molecule has 0 radical (unpaired) electrons. The highest BCUT2D eigenvalue weighted by Gasteiger charge is 2.26. The Kier molecular flexibility index (Phi) is 6.25. The van der Waals surface area contributed by atoms with Crippen LogP contribution in [0.5, 0.6) is 0 Å². The molecule has 1 aromatic carbocycles. The minimum absolute atomic E-state index is 0.0475. The van der Waals surface area contributed by atoms with Crippen molar-refractivity contribution in [3.05, 3.63) is 69.7 Å². The fraction of sp³-hybridized carbons (Fsp3) is 0.217. The Morgan fingerprint density at radius 1 is 1.44 bits per heavy atom. The molecule has 1 saturated heterocycles. The van der Waals surface area contributed by atoms with Crippen molar-refractivity contribution in [2.45, 2.75) is 18.9 Å². The molecular formula is C23H21FN6OS. The fourth-order valence-corrected chi connectivity index (χ4v) is 4.72. The molecule has 1 amide bonds. The molecule has 4 rings (SSSR count). The lowest BCUT2D eigenvalue weighted by Gasteiger charge is -2.30. The topological polar surface area (TPSA) is 123 Å². The van der Waals surface area contributed by atoms with Crippen LogP contribution < -0.4 is 5.73 Å². The summed E-state index contributed by atoms with van der Waals surface area (Å²) in [7, 11) is 0. The molecule has 0 spiro atoms. The molecule has 2 aromatic heterocycles. The Bertz CT molecular complexity index is 1220. The van der Waals surface area contributed by atoms with E-state index in [0.29, 0.717) is 39.8 Å². The van der Waals surface area contributed by atoms with Crippen molar-refractivity contribution in [1.29, 1.82) is 10.7 Å². The van der Waals surface area contributed by atoms with Gasteiger partial charge in [-0.1, -0.05) is 6.07 Å². The first kappa shape index (κ1) is 21.6. The summed E-state index contributed by atoms with van der Waals surface area (Å²) in [5.74, 6) is -0.194. The molecular weight excluding hydrogens is 427 g/mol. The number of aromatic amines is 1. The van der Waals surface area contributed by atoms with Gasteiger partial charge in [-0.05, 0) is 48.8 Å². The average molecular weight is 449 g/mol. The minimum atomic E-state index is -0.644. The zero-order valence-corrected chi connectivity index (χ0v) is 18.0. The van der Waals surface area contributed by atoms with Crippen molar-refractivity contribution >= 4 is 29.0 Å². The van der Waals surface area contributed by atoms with Crippen LogP contribution in [0.2, 0.25) is 0 Å². The number of nitrogens with one attached hydrogen (secondary N) is 2. The third kappa shape index (κ3) is 4.51. The van der Waals surface area contributed by atoms with Crippen molar-refractivity contribution < 1.29 is 9.18 Å². The highest BCUT2D eigenvalue weighted by Crippen LogP contribution is 2.34. The van der Waals surface area contributed by atoms with Gasteiger partial charge in [0.05, 0.1) is 21.0 Å². The van der Waals surface area contributed by atoms with Crippen molar-refractivity contribution in [3.8, 4) is 17.2 Å². The molecule has 1 fully saturated rings. The fourth-order valence-electron chi connectivity index (χ4n) is 3.64. The second-order valence-corrected chi connectivity index (χ2v) is 8.59. The van der Waals surface area contributed by atoms with Gasteiger partial charge < -0.3 is 15.6 Å². The van der Waals surface area contributed by atoms with Crippen LogP contribution in [0.4, 0.5) is 4.39 Å². The maximum Gasteiger partial charge on any atom is 0.264 e. The van der Waals surface area contributed by atoms with Crippen LogP contribution in [0.15, 0.2) is 42.7 Å². The third-order valence-corrected chi connectivity index (χ3v) is 6.42. The number of hydrogen-bond donors (Lipinski definition) is 3. The first-order valence-corrected chi connectivity index (χ1v) is 10.9. The number of amides is 1. The van der Waals surface area contributed by atoms with E-state index in [9.17, 15) is 9.18 Å². The summed E-state index contributed by atoms with van der Waals surface area (Å²) >= 11 is 1.19. The van der Waals surface area contributed by atoms with Gasteiger partial charge in [0.25, 0.3) is 5.91 Å². The Labute approximate surface area is 188 Å². The summed E-state index contributed by atoms with van der Waals surface area (Å²) in [4.78, 5) is 22.9. The zero-order chi connectivity index (χ0) is 22.7. The highest BCUT2D eigenvalue weighted by molar-refractivity contribution is 7.16. The second-order valence-electron chi connectivity index (χ2n) is 7.53. The van der Waals surface area contributed by atoms with E-state index in [-0.39, 0.29) is 23.2 Å². The minimum Gasteiger partial charge on any atom is -0.345 e. The summed E-state index contributed by atoms with van der Waals surface area (Å²) in [6.45, 7) is 1.12.